The second-order valence-electron chi connectivity index (χ2n) is 5.33. The van der Waals surface area contributed by atoms with Gasteiger partial charge in [0.25, 0.3) is 0 Å². The van der Waals surface area contributed by atoms with Crippen LogP contribution in [0.4, 0.5) is 0 Å². The fraction of sp³-hybridized carbons (Fsp3) is 0.818. The highest BCUT2D eigenvalue weighted by Gasteiger charge is 2.25. The number of hydrogen-bond donors (Lipinski definition) is 1. The fourth-order valence-corrected chi connectivity index (χ4v) is 1.79. The highest BCUT2D eigenvalue weighted by atomic mass is 16.5. The Morgan fingerprint density at radius 2 is 2.29 bits per heavy atom. The molecule has 1 aliphatic heterocycles. The van der Waals surface area contributed by atoms with Gasteiger partial charge in [-0.3, -0.25) is 0 Å². The molecule has 1 aromatic heterocycles. The molecule has 6 heteroatoms. The third kappa shape index (κ3) is 3.49. The van der Waals surface area contributed by atoms with Crippen LogP contribution in [0.25, 0.3) is 0 Å². The maximum absolute atomic E-state index is 5.91. The van der Waals surface area contributed by atoms with E-state index in [0.29, 0.717) is 24.7 Å². The Balaban J connectivity index is 2.02. The van der Waals surface area contributed by atoms with Gasteiger partial charge in [0.2, 0.25) is 11.7 Å². The number of nitrogens with zero attached hydrogens (tertiary/aromatic N) is 3. The molecule has 0 saturated carbocycles. The van der Waals surface area contributed by atoms with Crippen LogP contribution in [0.2, 0.25) is 0 Å². The summed E-state index contributed by atoms with van der Waals surface area (Å²) in [5.74, 6) is 1.19. The predicted molar refractivity (Wildman–Crippen MR) is 62.5 cm³/mol. The SMILES string of the molecule is CN1CCOC(c2noc(CC(C)(C)N)n2)C1. The Morgan fingerprint density at radius 3 is 2.94 bits per heavy atom. The topological polar surface area (TPSA) is 77.4 Å². The zero-order chi connectivity index (χ0) is 12.5. The number of morpholine rings is 1. The maximum atomic E-state index is 5.91. The second-order valence-corrected chi connectivity index (χ2v) is 5.33. The molecule has 1 atom stereocenters. The predicted octanol–water partition coefficient (Wildman–Crippen LogP) is 0.353. The molecule has 1 saturated heterocycles. The van der Waals surface area contributed by atoms with Crippen molar-refractivity contribution >= 4 is 0 Å². The molecule has 0 aromatic carbocycles. The second kappa shape index (κ2) is 4.72. The van der Waals surface area contributed by atoms with Crippen LogP contribution in [-0.4, -0.2) is 47.3 Å². The molecule has 1 aliphatic rings. The summed E-state index contributed by atoms with van der Waals surface area (Å²) in [6.45, 7) is 6.30. The first kappa shape index (κ1) is 12.5. The van der Waals surface area contributed by atoms with Crippen molar-refractivity contribution in [2.24, 2.45) is 5.73 Å². The van der Waals surface area contributed by atoms with Crippen molar-refractivity contribution < 1.29 is 9.26 Å². The minimum Gasteiger partial charge on any atom is -0.367 e. The Bertz CT molecular complexity index is 372. The summed E-state index contributed by atoms with van der Waals surface area (Å²) in [4.78, 5) is 6.54. The maximum Gasteiger partial charge on any atom is 0.228 e. The van der Waals surface area contributed by atoms with Crippen LogP contribution in [0.5, 0.6) is 0 Å². The smallest absolute Gasteiger partial charge is 0.228 e. The van der Waals surface area contributed by atoms with Crippen molar-refractivity contribution in [1.29, 1.82) is 0 Å². The van der Waals surface area contributed by atoms with Gasteiger partial charge >= 0.3 is 0 Å². The van der Waals surface area contributed by atoms with Crippen molar-refractivity contribution in [3.8, 4) is 0 Å². The van der Waals surface area contributed by atoms with E-state index in [-0.39, 0.29) is 11.6 Å². The van der Waals surface area contributed by atoms with Crippen LogP contribution in [0.1, 0.15) is 31.7 Å². The molecule has 2 N–H and O–H groups in total. The Morgan fingerprint density at radius 1 is 1.53 bits per heavy atom. The van der Waals surface area contributed by atoms with Crippen molar-refractivity contribution in [1.82, 2.24) is 15.0 Å². The molecule has 1 unspecified atom stereocenters. The summed E-state index contributed by atoms with van der Waals surface area (Å²) >= 11 is 0. The monoisotopic (exact) mass is 240 g/mol. The zero-order valence-corrected chi connectivity index (χ0v) is 10.6. The van der Waals surface area contributed by atoms with Crippen molar-refractivity contribution in [2.45, 2.75) is 31.9 Å². The van der Waals surface area contributed by atoms with Crippen LogP contribution < -0.4 is 5.73 Å². The highest BCUT2D eigenvalue weighted by molar-refractivity contribution is 4.96. The van der Waals surface area contributed by atoms with Gasteiger partial charge in [-0.2, -0.15) is 4.98 Å². The lowest BCUT2D eigenvalue weighted by Gasteiger charge is -2.27. The van der Waals surface area contributed by atoms with Crippen molar-refractivity contribution in [2.75, 3.05) is 26.7 Å². The number of aromatic nitrogens is 2. The standard InChI is InChI=1S/C11H20N4O2/c1-11(2,12)6-9-13-10(14-17-9)8-7-15(3)4-5-16-8/h8H,4-7,12H2,1-3H3. The van der Waals surface area contributed by atoms with E-state index in [0.717, 1.165) is 13.1 Å². The summed E-state index contributed by atoms with van der Waals surface area (Å²) in [7, 11) is 2.06. The average molecular weight is 240 g/mol. The Hall–Kier alpha value is -0.980. The molecule has 1 aromatic rings. The molecular weight excluding hydrogens is 220 g/mol. The van der Waals surface area contributed by atoms with E-state index in [9.17, 15) is 0 Å². The fourth-order valence-electron chi connectivity index (χ4n) is 1.79. The molecule has 0 radical (unpaired) electrons. The van der Waals surface area contributed by atoms with E-state index in [2.05, 4.69) is 22.1 Å². The largest absolute Gasteiger partial charge is 0.367 e. The molecule has 1 fully saturated rings. The van der Waals surface area contributed by atoms with Gasteiger partial charge in [0.05, 0.1) is 6.61 Å². The number of likely N-dealkylation sites (N-methyl/N-ethyl adjacent to an activating group) is 1. The normalized spacial score (nSPS) is 22.9. The van der Waals surface area contributed by atoms with Gasteiger partial charge in [0.1, 0.15) is 6.10 Å². The molecule has 0 spiro atoms. The van der Waals surface area contributed by atoms with E-state index >= 15 is 0 Å². The van der Waals surface area contributed by atoms with E-state index in [1.165, 1.54) is 0 Å². The average Bonchev–Trinajstić information content (AvgIpc) is 2.63. The summed E-state index contributed by atoms with van der Waals surface area (Å²) in [5, 5.41) is 3.97. The van der Waals surface area contributed by atoms with Gasteiger partial charge in [-0.25, -0.2) is 0 Å². The molecule has 0 amide bonds. The van der Waals surface area contributed by atoms with Crippen LogP contribution in [0.3, 0.4) is 0 Å². The Kier molecular flexibility index (Phi) is 3.46. The van der Waals surface area contributed by atoms with E-state index in [1.54, 1.807) is 0 Å². The molecule has 0 bridgehead atoms. The number of nitrogens with two attached hydrogens (primary N) is 1. The van der Waals surface area contributed by atoms with Gasteiger partial charge < -0.3 is 19.9 Å². The lowest BCUT2D eigenvalue weighted by atomic mass is 10.0. The number of hydrogen-bond acceptors (Lipinski definition) is 6. The summed E-state index contributed by atoms with van der Waals surface area (Å²) < 4.78 is 10.8. The lowest BCUT2D eigenvalue weighted by molar-refractivity contribution is -0.0264. The number of rotatable bonds is 3. The van der Waals surface area contributed by atoms with E-state index in [4.69, 9.17) is 15.0 Å². The summed E-state index contributed by atoms with van der Waals surface area (Å²) in [6.07, 6.45) is 0.481. The highest BCUT2D eigenvalue weighted by Crippen LogP contribution is 2.19. The lowest BCUT2D eigenvalue weighted by Crippen LogP contribution is -2.36. The molecule has 2 heterocycles. The van der Waals surface area contributed by atoms with Gasteiger partial charge in [-0.1, -0.05) is 5.16 Å². The van der Waals surface area contributed by atoms with Crippen LogP contribution in [0.15, 0.2) is 4.52 Å². The summed E-state index contributed by atoms with van der Waals surface area (Å²) in [5.41, 5.74) is 5.57. The molecule has 17 heavy (non-hydrogen) atoms. The minimum absolute atomic E-state index is 0.0906. The first-order valence-corrected chi connectivity index (χ1v) is 5.85. The Labute approximate surface area is 101 Å². The molecule has 96 valence electrons. The van der Waals surface area contributed by atoms with Gasteiger partial charge in [-0.15, -0.1) is 0 Å². The van der Waals surface area contributed by atoms with Crippen LogP contribution >= 0.6 is 0 Å². The molecule has 6 nitrogen and oxygen atoms in total. The van der Waals surface area contributed by atoms with E-state index < -0.39 is 0 Å². The molecular formula is C11H20N4O2. The first-order chi connectivity index (χ1) is 7.94. The van der Waals surface area contributed by atoms with Crippen LogP contribution in [0, 0.1) is 0 Å². The quantitative estimate of drug-likeness (QED) is 0.821. The van der Waals surface area contributed by atoms with Crippen molar-refractivity contribution in [3.05, 3.63) is 11.7 Å². The minimum atomic E-state index is -0.339. The van der Waals surface area contributed by atoms with Gasteiger partial charge in [0.15, 0.2) is 0 Å². The first-order valence-electron chi connectivity index (χ1n) is 5.85. The van der Waals surface area contributed by atoms with Gasteiger partial charge in [0, 0.05) is 25.0 Å². The number of ether oxygens (including phenoxy) is 1. The van der Waals surface area contributed by atoms with Crippen LogP contribution in [-0.2, 0) is 11.2 Å². The summed E-state index contributed by atoms with van der Waals surface area (Å²) in [6, 6.07) is 0. The zero-order valence-electron chi connectivity index (χ0n) is 10.6. The molecule has 2 rings (SSSR count). The van der Waals surface area contributed by atoms with Gasteiger partial charge in [-0.05, 0) is 20.9 Å². The third-order valence-corrected chi connectivity index (χ3v) is 2.65. The molecule has 0 aliphatic carbocycles. The van der Waals surface area contributed by atoms with E-state index in [1.807, 2.05) is 13.8 Å². The third-order valence-electron chi connectivity index (χ3n) is 2.65. The van der Waals surface area contributed by atoms with Crippen molar-refractivity contribution in [3.63, 3.8) is 0 Å².